The van der Waals surface area contributed by atoms with Crippen molar-refractivity contribution in [2.45, 2.75) is 20.2 Å². The summed E-state index contributed by atoms with van der Waals surface area (Å²) in [5.74, 6) is -1.46. The molecule has 100 valence electrons. The lowest BCUT2D eigenvalue weighted by Crippen LogP contribution is -2.19. The summed E-state index contributed by atoms with van der Waals surface area (Å²) in [6, 6.07) is 1.10. The minimum absolute atomic E-state index is 0.112. The molecule has 0 aromatic carbocycles. The number of rotatable bonds is 3. The fraction of sp³-hybridized carbons (Fsp3) is 0.400. The highest BCUT2D eigenvalue weighted by Gasteiger charge is 2.32. The monoisotopic (exact) mass is 375 g/mol. The maximum atomic E-state index is 12.1. The van der Waals surface area contributed by atoms with E-state index in [1.54, 1.807) is 36.4 Å². The maximum absolute atomic E-state index is 12.1. The minimum Gasteiger partial charge on any atom is -0.461 e. The van der Waals surface area contributed by atoms with Gasteiger partial charge >= 0.3 is 12.3 Å². The molecular weight excluding hydrogens is 366 g/mol. The van der Waals surface area contributed by atoms with Crippen LogP contribution in [0.1, 0.15) is 23.0 Å². The quantitative estimate of drug-likeness (QED) is 0.602. The highest BCUT2D eigenvalue weighted by Crippen LogP contribution is 2.25. The Labute approximate surface area is 115 Å². The van der Waals surface area contributed by atoms with Crippen LogP contribution in [0.15, 0.2) is 6.07 Å². The van der Waals surface area contributed by atoms with Crippen molar-refractivity contribution in [3.05, 3.63) is 20.9 Å². The lowest BCUT2D eigenvalue weighted by Gasteiger charge is -2.11. The third-order valence-electron chi connectivity index (χ3n) is 1.87. The second-order valence-electron chi connectivity index (χ2n) is 3.18. The highest BCUT2D eigenvalue weighted by atomic mass is 127. The van der Waals surface area contributed by atoms with Gasteiger partial charge in [-0.15, -0.1) is 13.2 Å². The van der Waals surface area contributed by atoms with Crippen molar-refractivity contribution in [2.24, 2.45) is 0 Å². The number of alkyl halides is 3. The van der Waals surface area contributed by atoms with E-state index in [4.69, 9.17) is 4.74 Å². The van der Waals surface area contributed by atoms with E-state index in [-0.39, 0.29) is 12.3 Å². The van der Waals surface area contributed by atoms with Gasteiger partial charge in [-0.25, -0.2) is 9.78 Å². The van der Waals surface area contributed by atoms with E-state index < -0.39 is 18.2 Å². The topological polar surface area (TPSA) is 48.4 Å². The molecule has 0 saturated carbocycles. The Morgan fingerprint density at radius 2 is 2.11 bits per heavy atom. The summed E-state index contributed by atoms with van der Waals surface area (Å²) in [4.78, 5) is 15.0. The molecule has 0 N–H and O–H groups in total. The zero-order valence-electron chi connectivity index (χ0n) is 9.47. The molecule has 1 rings (SSSR count). The third-order valence-corrected chi connectivity index (χ3v) is 3.00. The summed E-state index contributed by atoms with van der Waals surface area (Å²) >= 11 is 1.79. The summed E-state index contributed by atoms with van der Waals surface area (Å²) in [6.07, 6.45) is -4.85. The Morgan fingerprint density at radius 3 is 2.61 bits per heavy atom. The molecule has 0 unspecified atom stereocenters. The summed E-state index contributed by atoms with van der Waals surface area (Å²) in [6.45, 7) is 3.27. The molecule has 1 heterocycles. The number of aromatic nitrogens is 1. The molecule has 0 bridgehead atoms. The first-order valence-corrected chi connectivity index (χ1v) is 5.92. The van der Waals surface area contributed by atoms with Crippen molar-refractivity contribution in [1.82, 2.24) is 4.98 Å². The Morgan fingerprint density at radius 1 is 1.50 bits per heavy atom. The number of hydrogen-bond acceptors (Lipinski definition) is 4. The second kappa shape index (κ2) is 5.72. The molecule has 18 heavy (non-hydrogen) atoms. The van der Waals surface area contributed by atoms with E-state index >= 15 is 0 Å². The standard InChI is InChI=1S/C10H9F3INO3/c1-3-17-9(16)8-5(2)6(14)4-7(15-8)18-10(11,12)13/h4H,3H2,1-2H3. The molecule has 0 amide bonds. The first-order valence-electron chi connectivity index (χ1n) is 4.84. The Bertz CT molecular complexity index is 462. The summed E-state index contributed by atoms with van der Waals surface area (Å²) in [5, 5.41) is 0. The van der Waals surface area contributed by atoms with E-state index in [1.165, 1.54) is 0 Å². The minimum atomic E-state index is -4.85. The molecule has 0 atom stereocenters. The van der Waals surface area contributed by atoms with Gasteiger partial charge in [0.25, 0.3) is 0 Å². The van der Waals surface area contributed by atoms with Gasteiger partial charge in [-0.2, -0.15) is 0 Å². The van der Waals surface area contributed by atoms with Crippen LogP contribution in [-0.2, 0) is 4.74 Å². The zero-order valence-corrected chi connectivity index (χ0v) is 11.6. The number of carbonyl (C=O) groups excluding carboxylic acids is 1. The van der Waals surface area contributed by atoms with Crippen LogP contribution in [0.25, 0.3) is 0 Å². The average molecular weight is 375 g/mol. The van der Waals surface area contributed by atoms with Crippen molar-refractivity contribution in [2.75, 3.05) is 6.61 Å². The van der Waals surface area contributed by atoms with Gasteiger partial charge in [0.05, 0.1) is 6.61 Å². The molecule has 1 aromatic rings. The van der Waals surface area contributed by atoms with Crippen molar-refractivity contribution in [1.29, 1.82) is 0 Å². The first-order chi connectivity index (χ1) is 8.24. The molecule has 4 nitrogen and oxygen atoms in total. The van der Waals surface area contributed by atoms with Crippen LogP contribution < -0.4 is 4.74 Å². The largest absolute Gasteiger partial charge is 0.574 e. The van der Waals surface area contributed by atoms with Gasteiger partial charge in [-0.3, -0.25) is 0 Å². The third kappa shape index (κ3) is 4.00. The number of carbonyl (C=O) groups is 1. The van der Waals surface area contributed by atoms with Crippen LogP contribution in [0.5, 0.6) is 5.88 Å². The van der Waals surface area contributed by atoms with Crippen LogP contribution in [0.2, 0.25) is 0 Å². The van der Waals surface area contributed by atoms with Gasteiger partial charge in [0.15, 0.2) is 5.69 Å². The Hall–Kier alpha value is -1.06. The lowest BCUT2D eigenvalue weighted by molar-refractivity contribution is -0.276. The van der Waals surface area contributed by atoms with Crippen molar-refractivity contribution in [3.63, 3.8) is 0 Å². The summed E-state index contributed by atoms with van der Waals surface area (Å²) in [5.41, 5.74) is 0.270. The number of hydrogen-bond donors (Lipinski definition) is 0. The van der Waals surface area contributed by atoms with E-state index in [0.717, 1.165) is 6.07 Å². The lowest BCUT2D eigenvalue weighted by atomic mass is 10.2. The molecule has 0 aliphatic heterocycles. The molecule has 8 heteroatoms. The average Bonchev–Trinajstić information content (AvgIpc) is 2.21. The first kappa shape index (κ1) is 15.0. The van der Waals surface area contributed by atoms with Crippen LogP contribution >= 0.6 is 22.6 Å². The predicted molar refractivity (Wildman–Crippen MR) is 64.3 cm³/mol. The molecule has 0 aliphatic rings. The van der Waals surface area contributed by atoms with E-state index in [9.17, 15) is 18.0 Å². The van der Waals surface area contributed by atoms with Gasteiger partial charge in [0.1, 0.15) is 0 Å². The molecule has 0 fully saturated rings. The smallest absolute Gasteiger partial charge is 0.461 e. The predicted octanol–water partition coefficient (Wildman–Crippen LogP) is 3.07. The van der Waals surface area contributed by atoms with Crippen molar-refractivity contribution in [3.8, 4) is 5.88 Å². The number of esters is 1. The van der Waals surface area contributed by atoms with Gasteiger partial charge in [-0.1, -0.05) is 0 Å². The summed E-state index contributed by atoms with van der Waals surface area (Å²) < 4.78 is 45.0. The second-order valence-corrected chi connectivity index (χ2v) is 4.35. The van der Waals surface area contributed by atoms with Crippen molar-refractivity contribution >= 4 is 28.6 Å². The molecular formula is C10H9F3INO3. The zero-order chi connectivity index (χ0) is 13.9. The molecule has 1 aromatic heterocycles. The SMILES string of the molecule is CCOC(=O)c1nc(OC(F)(F)F)cc(I)c1C. The highest BCUT2D eigenvalue weighted by molar-refractivity contribution is 14.1. The molecule has 0 radical (unpaired) electrons. The number of ether oxygens (including phenoxy) is 2. The fourth-order valence-electron chi connectivity index (χ4n) is 1.13. The van der Waals surface area contributed by atoms with E-state index in [1.807, 2.05) is 0 Å². The Balaban J connectivity index is 3.14. The van der Waals surface area contributed by atoms with Gasteiger partial charge in [-0.05, 0) is 42.0 Å². The normalized spacial score (nSPS) is 11.2. The number of halogens is 4. The van der Waals surface area contributed by atoms with Crippen LogP contribution in [0.3, 0.4) is 0 Å². The molecule has 0 spiro atoms. The fourth-order valence-corrected chi connectivity index (χ4v) is 1.65. The van der Waals surface area contributed by atoms with Gasteiger partial charge in [0, 0.05) is 9.64 Å². The van der Waals surface area contributed by atoms with E-state index in [2.05, 4.69) is 9.72 Å². The maximum Gasteiger partial charge on any atom is 0.574 e. The number of nitrogens with zero attached hydrogens (tertiary/aromatic N) is 1. The van der Waals surface area contributed by atoms with Gasteiger partial charge in [0.2, 0.25) is 5.88 Å². The van der Waals surface area contributed by atoms with Crippen molar-refractivity contribution < 1.29 is 27.4 Å². The summed E-state index contributed by atoms with van der Waals surface area (Å²) in [7, 11) is 0. The molecule has 0 saturated heterocycles. The van der Waals surface area contributed by atoms with Crippen LogP contribution in [0.4, 0.5) is 13.2 Å². The van der Waals surface area contributed by atoms with Crippen LogP contribution in [-0.4, -0.2) is 23.9 Å². The molecule has 0 aliphatic carbocycles. The van der Waals surface area contributed by atoms with Gasteiger partial charge < -0.3 is 9.47 Å². The Kier molecular flexibility index (Phi) is 4.77. The van der Waals surface area contributed by atoms with E-state index in [0.29, 0.717) is 9.13 Å². The number of pyridine rings is 1. The van der Waals surface area contributed by atoms with Crippen LogP contribution in [0, 0.1) is 10.5 Å².